The molecule has 0 fully saturated rings. The van der Waals surface area contributed by atoms with Crippen LogP contribution in [0.3, 0.4) is 0 Å². The molecule has 0 atom stereocenters. The van der Waals surface area contributed by atoms with Gasteiger partial charge in [0, 0.05) is 63.8 Å². The second kappa shape index (κ2) is 18.7. The lowest BCUT2D eigenvalue weighted by molar-refractivity contribution is 0.253. The molecular weight excluding hydrogens is 672 g/mol. The number of urea groups is 2. The Morgan fingerprint density at radius 1 is 0.365 bits per heavy atom. The highest BCUT2D eigenvalue weighted by Gasteiger charge is 2.23. The molecule has 4 rings (SSSR count). The molecule has 14 nitrogen and oxygen atoms in total. The minimum Gasteiger partial charge on any atom is -0.497 e. The van der Waals surface area contributed by atoms with Crippen LogP contribution in [0.1, 0.15) is 0 Å². The molecule has 0 bridgehead atoms. The molecule has 0 aliphatic carbocycles. The lowest BCUT2D eigenvalue weighted by Crippen LogP contribution is -2.38. The Hall–Kier alpha value is -6.18. The molecule has 52 heavy (non-hydrogen) atoms. The predicted molar refractivity (Wildman–Crippen MR) is 203 cm³/mol. The van der Waals surface area contributed by atoms with Gasteiger partial charge in [0.05, 0.1) is 68.3 Å². The summed E-state index contributed by atoms with van der Waals surface area (Å²) in [6.07, 6.45) is 0. The highest BCUT2D eigenvalue weighted by atomic mass is 16.5. The molecule has 0 saturated carbocycles. The summed E-state index contributed by atoms with van der Waals surface area (Å²) < 4.78 is 42.3. The molecule has 0 spiro atoms. The quantitative estimate of drug-likeness (QED) is 0.154. The van der Waals surface area contributed by atoms with Gasteiger partial charge in [0.15, 0.2) is 23.0 Å². The van der Waals surface area contributed by atoms with Gasteiger partial charge in [0.2, 0.25) is 11.5 Å². The molecule has 0 saturated heterocycles. The first-order chi connectivity index (χ1) is 24.9. The summed E-state index contributed by atoms with van der Waals surface area (Å²) in [5, 5.41) is 0. The SMILES string of the molecule is COc1ccc(N(C)C(=O)N(C)c2cc(OC)c(OC)c(OC)c2)cc1.COc1ccc(N(C)C(=O)N(C)c2cc(OC)c(OC)c(OC)c2)cc1. The maximum absolute atomic E-state index is 12.9. The van der Waals surface area contributed by atoms with Crippen LogP contribution >= 0.6 is 0 Å². The second-order valence-electron chi connectivity index (χ2n) is 11.0. The van der Waals surface area contributed by atoms with Crippen LogP contribution in [-0.4, -0.2) is 97.1 Å². The van der Waals surface area contributed by atoms with Crippen molar-refractivity contribution in [1.29, 1.82) is 0 Å². The fraction of sp³-hybridized carbons (Fsp3) is 0.316. The van der Waals surface area contributed by atoms with Crippen LogP contribution in [0.4, 0.5) is 32.3 Å². The minimum atomic E-state index is -0.218. The van der Waals surface area contributed by atoms with Gasteiger partial charge in [0.1, 0.15) is 11.5 Å². The number of methoxy groups -OCH3 is 8. The van der Waals surface area contributed by atoms with Crippen LogP contribution in [0.5, 0.6) is 46.0 Å². The van der Waals surface area contributed by atoms with E-state index in [1.54, 1.807) is 101 Å². The number of hydrogen-bond donors (Lipinski definition) is 0. The third-order valence-corrected chi connectivity index (χ3v) is 8.14. The van der Waals surface area contributed by atoms with E-state index in [2.05, 4.69) is 0 Å². The van der Waals surface area contributed by atoms with Crippen molar-refractivity contribution in [3.8, 4) is 46.0 Å². The van der Waals surface area contributed by atoms with Crippen LogP contribution in [0, 0.1) is 0 Å². The van der Waals surface area contributed by atoms with E-state index in [1.165, 1.54) is 52.5 Å². The van der Waals surface area contributed by atoms with Gasteiger partial charge in [0.25, 0.3) is 0 Å². The third-order valence-electron chi connectivity index (χ3n) is 8.14. The number of rotatable bonds is 12. The molecule has 0 unspecified atom stereocenters. The molecule has 280 valence electrons. The van der Waals surface area contributed by atoms with Crippen molar-refractivity contribution in [2.45, 2.75) is 0 Å². The molecular formula is C38H48N4O10. The van der Waals surface area contributed by atoms with Crippen molar-refractivity contribution in [2.75, 3.05) is 105 Å². The van der Waals surface area contributed by atoms with Crippen molar-refractivity contribution in [3.05, 3.63) is 72.8 Å². The second-order valence-corrected chi connectivity index (χ2v) is 11.0. The predicted octanol–water partition coefficient (Wildman–Crippen LogP) is 6.83. The first-order valence-electron chi connectivity index (χ1n) is 15.8. The van der Waals surface area contributed by atoms with Crippen molar-refractivity contribution in [3.63, 3.8) is 0 Å². The zero-order valence-corrected chi connectivity index (χ0v) is 31.8. The molecule has 0 radical (unpaired) electrons. The van der Waals surface area contributed by atoms with Gasteiger partial charge in [-0.05, 0) is 48.5 Å². The van der Waals surface area contributed by atoms with Crippen molar-refractivity contribution in [2.24, 2.45) is 0 Å². The van der Waals surface area contributed by atoms with Crippen LogP contribution in [0.15, 0.2) is 72.8 Å². The van der Waals surface area contributed by atoms with Crippen LogP contribution in [0.25, 0.3) is 0 Å². The third kappa shape index (κ3) is 9.13. The first-order valence-corrected chi connectivity index (χ1v) is 15.8. The number of nitrogens with zero attached hydrogens (tertiary/aromatic N) is 4. The normalized spacial score (nSPS) is 10.1. The van der Waals surface area contributed by atoms with Crippen molar-refractivity contribution in [1.82, 2.24) is 0 Å². The number of benzene rings is 4. The summed E-state index contributed by atoms with van der Waals surface area (Å²) in [4.78, 5) is 31.8. The Balaban J connectivity index is 0.000000280. The zero-order valence-electron chi connectivity index (χ0n) is 31.8. The van der Waals surface area contributed by atoms with Gasteiger partial charge in [-0.3, -0.25) is 19.6 Å². The average molecular weight is 721 g/mol. The molecule has 0 heterocycles. The number of carbonyl (C=O) groups excluding carboxylic acids is 2. The molecule has 0 aliphatic rings. The van der Waals surface area contributed by atoms with E-state index in [4.69, 9.17) is 37.9 Å². The fourth-order valence-corrected chi connectivity index (χ4v) is 5.03. The summed E-state index contributed by atoms with van der Waals surface area (Å²) >= 11 is 0. The van der Waals surface area contributed by atoms with E-state index in [0.717, 1.165) is 22.9 Å². The number of ether oxygens (including phenoxy) is 8. The average Bonchev–Trinajstić information content (AvgIpc) is 3.20. The highest BCUT2D eigenvalue weighted by molar-refractivity contribution is 6.04. The van der Waals surface area contributed by atoms with Gasteiger partial charge in [-0.2, -0.15) is 0 Å². The highest BCUT2D eigenvalue weighted by Crippen LogP contribution is 2.42. The fourth-order valence-electron chi connectivity index (χ4n) is 5.03. The first kappa shape index (κ1) is 40.3. The Kier molecular flexibility index (Phi) is 14.5. The maximum atomic E-state index is 12.9. The standard InChI is InChI=1S/2C19H24N2O5/c2*1-20(13-7-9-15(23-3)10-8-13)19(22)21(2)14-11-16(24-4)18(26-6)17(12-14)25-5/h2*7-12H,1-6H3. The van der Waals surface area contributed by atoms with Crippen molar-refractivity contribution < 1.29 is 47.5 Å². The molecule has 0 aliphatic heterocycles. The van der Waals surface area contributed by atoms with Crippen LogP contribution in [-0.2, 0) is 0 Å². The molecule has 0 N–H and O–H groups in total. The Labute approximate surface area is 305 Å². The van der Waals surface area contributed by atoms with Gasteiger partial charge in [-0.1, -0.05) is 0 Å². The number of hydrogen-bond acceptors (Lipinski definition) is 10. The zero-order chi connectivity index (χ0) is 38.5. The molecule has 4 aromatic rings. The van der Waals surface area contributed by atoms with E-state index in [1.807, 2.05) is 24.3 Å². The lowest BCUT2D eigenvalue weighted by atomic mass is 10.2. The number of amides is 4. The van der Waals surface area contributed by atoms with Gasteiger partial charge in [-0.15, -0.1) is 0 Å². The summed E-state index contributed by atoms with van der Waals surface area (Å²) in [5.41, 5.74) is 2.72. The summed E-state index contributed by atoms with van der Waals surface area (Å²) in [6.45, 7) is 0. The maximum Gasteiger partial charge on any atom is 0.328 e. The minimum absolute atomic E-state index is 0.218. The summed E-state index contributed by atoms with van der Waals surface area (Å²) in [7, 11) is 19.2. The monoisotopic (exact) mass is 720 g/mol. The van der Waals surface area contributed by atoms with Crippen molar-refractivity contribution >= 4 is 34.8 Å². The van der Waals surface area contributed by atoms with E-state index < -0.39 is 0 Å². The Morgan fingerprint density at radius 3 is 0.827 bits per heavy atom. The largest absolute Gasteiger partial charge is 0.497 e. The van der Waals surface area contributed by atoms with E-state index in [0.29, 0.717) is 45.9 Å². The topological polar surface area (TPSA) is 121 Å². The van der Waals surface area contributed by atoms with Crippen LogP contribution < -0.4 is 57.5 Å². The smallest absolute Gasteiger partial charge is 0.328 e. The van der Waals surface area contributed by atoms with E-state index >= 15 is 0 Å². The summed E-state index contributed by atoms with van der Waals surface area (Å²) in [6, 6.07) is 21.0. The number of anilines is 4. The Morgan fingerprint density at radius 2 is 0.615 bits per heavy atom. The molecule has 14 heteroatoms. The van der Waals surface area contributed by atoms with Gasteiger partial charge < -0.3 is 37.9 Å². The van der Waals surface area contributed by atoms with E-state index in [9.17, 15) is 9.59 Å². The van der Waals surface area contributed by atoms with Gasteiger partial charge >= 0.3 is 12.1 Å². The Bertz CT molecular complexity index is 1600. The lowest BCUT2D eigenvalue weighted by Gasteiger charge is -2.26. The van der Waals surface area contributed by atoms with Gasteiger partial charge in [-0.25, -0.2) is 9.59 Å². The van der Waals surface area contributed by atoms with E-state index in [-0.39, 0.29) is 12.1 Å². The summed E-state index contributed by atoms with van der Waals surface area (Å²) in [5.74, 6) is 4.33. The van der Waals surface area contributed by atoms with Crippen LogP contribution in [0.2, 0.25) is 0 Å². The molecule has 4 aromatic carbocycles. The molecule has 4 amide bonds. The molecule has 0 aromatic heterocycles. The number of carbonyl (C=O) groups is 2.